The molecule has 2 saturated heterocycles. The zero-order valence-electron chi connectivity index (χ0n) is 14.9. The Labute approximate surface area is 153 Å². The molecular weight excluding hydrogens is 353 g/mol. The van der Waals surface area contributed by atoms with E-state index in [1.54, 1.807) is 19.2 Å². The van der Waals surface area contributed by atoms with Gasteiger partial charge in [0.2, 0.25) is 0 Å². The lowest BCUT2D eigenvalue weighted by atomic mass is 9.80. The zero-order valence-corrected chi connectivity index (χ0v) is 15.7. The summed E-state index contributed by atoms with van der Waals surface area (Å²) in [5.41, 5.74) is 2.72. The van der Waals surface area contributed by atoms with Gasteiger partial charge in [-0.1, -0.05) is 24.3 Å². The van der Waals surface area contributed by atoms with Crippen LogP contribution in [0.2, 0.25) is 0 Å². The van der Waals surface area contributed by atoms with E-state index in [1.165, 1.54) is 12.1 Å². The van der Waals surface area contributed by atoms with E-state index in [1.807, 2.05) is 19.1 Å². The van der Waals surface area contributed by atoms with Crippen molar-refractivity contribution in [1.29, 1.82) is 0 Å². The number of ether oxygens (including phenoxy) is 1. The van der Waals surface area contributed by atoms with Crippen molar-refractivity contribution in [1.82, 2.24) is 4.90 Å². The fraction of sp³-hybridized carbons (Fsp3) is 0.400. The Bertz CT molecular complexity index is 942. The van der Waals surface area contributed by atoms with Gasteiger partial charge in [-0.2, -0.15) is 0 Å². The molecule has 26 heavy (non-hydrogen) atoms. The number of methoxy groups -OCH3 is 1. The number of benzene rings is 2. The predicted molar refractivity (Wildman–Crippen MR) is 98.7 cm³/mol. The summed E-state index contributed by atoms with van der Waals surface area (Å²) in [4.78, 5) is 2.19. The SMILES string of the molecule is COc1cccc(CN2C[C@@H]3[C@](c4ccc(F)cc4)(C2)CS3(=O)=O)c1C. The Kier molecular flexibility index (Phi) is 4.08. The number of hydrogen-bond acceptors (Lipinski definition) is 4. The largest absolute Gasteiger partial charge is 0.496 e. The van der Waals surface area contributed by atoms with E-state index in [2.05, 4.69) is 11.0 Å². The molecule has 0 spiro atoms. The van der Waals surface area contributed by atoms with Crippen LogP contribution in [0.4, 0.5) is 4.39 Å². The summed E-state index contributed by atoms with van der Waals surface area (Å²) in [6, 6.07) is 12.2. The van der Waals surface area contributed by atoms with Gasteiger partial charge in [0.05, 0.1) is 18.1 Å². The smallest absolute Gasteiger partial charge is 0.156 e. The van der Waals surface area contributed by atoms with Crippen LogP contribution in [0, 0.1) is 12.7 Å². The minimum absolute atomic E-state index is 0.143. The molecule has 0 aromatic heterocycles. The molecule has 0 aliphatic carbocycles. The number of hydrogen-bond donors (Lipinski definition) is 0. The lowest BCUT2D eigenvalue weighted by Crippen LogP contribution is -2.59. The number of rotatable bonds is 4. The van der Waals surface area contributed by atoms with Gasteiger partial charge in [-0.25, -0.2) is 12.8 Å². The van der Waals surface area contributed by atoms with Gasteiger partial charge in [0, 0.05) is 25.0 Å². The van der Waals surface area contributed by atoms with Gasteiger partial charge in [0.25, 0.3) is 0 Å². The minimum atomic E-state index is -3.08. The average Bonchev–Trinajstić information content (AvgIpc) is 2.92. The minimum Gasteiger partial charge on any atom is -0.496 e. The van der Waals surface area contributed by atoms with Crippen molar-refractivity contribution in [2.75, 3.05) is 26.0 Å². The highest BCUT2D eigenvalue weighted by Gasteiger charge is 2.63. The van der Waals surface area contributed by atoms with Crippen molar-refractivity contribution in [2.24, 2.45) is 0 Å². The normalized spacial score (nSPS) is 27.0. The van der Waals surface area contributed by atoms with Crippen molar-refractivity contribution >= 4 is 9.84 Å². The maximum absolute atomic E-state index is 13.3. The van der Waals surface area contributed by atoms with E-state index in [-0.39, 0.29) is 11.6 Å². The highest BCUT2D eigenvalue weighted by molar-refractivity contribution is 7.93. The molecule has 2 atom stereocenters. The maximum Gasteiger partial charge on any atom is 0.156 e. The number of sulfone groups is 1. The van der Waals surface area contributed by atoms with Gasteiger partial charge >= 0.3 is 0 Å². The third-order valence-electron chi connectivity index (χ3n) is 5.87. The molecule has 4 nitrogen and oxygen atoms in total. The Morgan fingerprint density at radius 2 is 1.96 bits per heavy atom. The second kappa shape index (κ2) is 6.06. The summed E-state index contributed by atoms with van der Waals surface area (Å²) in [7, 11) is -1.43. The number of fused-ring (bicyclic) bond motifs is 1. The summed E-state index contributed by atoms with van der Waals surface area (Å²) < 4.78 is 43.5. The Morgan fingerprint density at radius 1 is 1.23 bits per heavy atom. The molecule has 2 fully saturated rings. The maximum atomic E-state index is 13.3. The number of nitrogens with zero attached hydrogens (tertiary/aromatic N) is 1. The van der Waals surface area contributed by atoms with Crippen LogP contribution in [0.25, 0.3) is 0 Å². The first-order chi connectivity index (χ1) is 12.4. The predicted octanol–water partition coefficient (Wildman–Crippen LogP) is 2.69. The second-order valence-electron chi connectivity index (χ2n) is 7.37. The molecule has 0 radical (unpaired) electrons. The van der Waals surface area contributed by atoms with Crippen molar-refractivity contribution < 1.29 is 17.5 Å². The standard InChI is InChI=1S/C20H22FNO3S/c1-14-15(4-3-5-18(14)25-2)10-22-11-19-20(12-22,13-26(19,23)24)16-6-8-17(21)9-7-16/h3-9,19H,10-13H2,1-2H3/t19-,20-/m1/s1. The van der Waals surface area contributed by atoms with E-state index < -0.39 is 20.5 Å². The van der Waals surface area contributed by atoms with Crippen molar-refractivity contribution in [2.45, 2.75) is 24.1 Å². The molecule has 0 N–H and O–H groups in total. The molecule has 0 unspecified atom stereocenters. The zero-order chi connectivity index (χ0) is 18.5. The summed E-state index contributed by atoms with van der Waals surface area (Å²) in [6.07, 6.45) is 0. The van der Waals surface area contributed by atoms with Gasteiger partial charge in [-0.05, 0) is 41.8 Å². The van der Waals surface area contributed by atoms with Crippen LogP contribution in [0.1, 0.15) is 16.7 Å². The first-order valence-electron chi connectivity index (χ1n) is 8.68. The van der Waals surface area contributed by atoms with Gasteiger partial charge in [0.1, 0.15) is 11.6 Å². The third kappa shape index (κ3) is 2.63. The fourth-order valence-electron chi connectivity index (χ4n) is 4.49. The summed E-state index contributed by atoms with van der Waals surface area (Å²) in [5.74, 6) is 0.681. The molecular formula is C20H22FNO3S. The quantitative estimate of drug-likeness (QED) is 0.824. The molecule has 2 aliphatic heterocycles. The Morgan fingerprint density at radius 3 is 2.62 bits per heavy atom. The van der Waals surface area contributed by atoms with Crippen molar-refractivity contribution in [3.05, 3.63) is 65.0 Å². The van der Waals surface area contributed by atoms with E-state index in [4.69, 9.17) is 4.74 Å². The van der Waals surface area contributed by atoms with Gasteiger partial charge in [-0.15, -0.1) is 0 Å². The lowest BCUT2D eigenvalue weighted by Gasteiger charge is -2.43. The number of halogens is 1. The highest BCUT2D eigenvalue weighted by Crippen LogP contribution is 2.48. The molecule has 2 aromatic carbocycles. The van der Waals surface area contributed by atoms with E-state index in [0.717, 1.165) is 22.4 Å². The first kappa shape index (κ1) is 17.5. The molecule has 0 saturated carbocycles. The molecule has 4 rings (SSSR count). The van der Waals surface area contributed by atoms with Crippen LogP contribution in [0.5, 0.6) is 5.75 Å². The van der Waals surface area contributed by atoms with Gasteiger partial charge in [-0.3, -0.25) is 4.90 Å². The van der Waals surface area contributed by atoms with Gasteiger partial charge in [0.15, 0.2) is 9.84 Å². The summed E-state index contributed by atoms with van der Waals surface area (Å²) in [5, 5.41) is -0.411. The summed E-state index contributed by atoms with van der Waals surface area (Å²) >= 11 is 0. The fourth-order valence-corrected chi connectivity index (χ4v) is 6.99. The molecule has 2 aliphatic rings. The van der Waals surface area contributed by atoms with Crippen LogP contribution in [0.3, 0.4) is 0 Å². The highest BCUT2D eigenvalue weighted by atomic mass is 32.2. The molecule has 0 bridgehead atoms. The van der Waals surface area contributed by atoms with Crippen LogP contribution in [-0.2, 0) is 21.8 Å². The van der Waals surface area contributed by atoms with Crippen molar-refractivity contribution in [3.8, 4) is 5.75 Å². The third-order valence-corrected chi connectivity index (χ3v) is 8.25. The van der Waals surface area contributed by atoms with E-state index in [0.29, 0.717) is 19.6 Å². The Balaban J connectivity index is 1.63. The van der Waals surface area contributed by atoms with Crippen LogP contribution >= 0.6 is 0 Å². The van der Waals surface area contributed by atoms with E-state index >= 15 is 0 Å². The molecule has 2 heterocycles. The van der Waals surface area contributed by atoms with Crippen LogP contribution in [-0.4, -0.2) is 44.5 Å². The Hall–Kier alpha value is -1.92. The first-order valence-corrected chi connectivity index (χ1v) is 10.4. The molecule has 138 valence electrons. The molecule has 2 aromatic rings. The van der Waals surface area contributed by atoms with Gasteiger partial charge < -0.3 is 4.74 Å². The monoisotopic (exact) mass is 375 g/mol. The topological polar surface area (TPSA) is 46.6 Å². The molecule has 6 heteroatoms. The van der Waals surface area contributed by atoms with Crippen molar-refractivity contribution in [3.63, 3.8) is 0 Å². The van der Waals surface area contributed by atoms with E-state index in [9.17, 15) is 12.8 Å². The summed E-state index contributed by atoms with van der Waals surface area (Å²) in [6.45, 7) is 3.87. The second-order valence-corrected chi connectivity index (χ2v) is 9.56. The van der Waals surface area contributed by atoms with Crippen LogP contribution < -0.4 is 4.74 Å². The molecule has 0 amide bonds. The number of likely N-dealkylation sites (tertiary alicyclic amines) is 1. The lowest BCUT2D eigenvalue weighted by molar-refractivity contribution is 0.308. The van der Waals surface area contributed by atoms with Crippen LogP contribution in [0.15, 0.2) is 42.5 Å². The average molecular weight is 375 g/mol.